The van der Waals surface area contributed by atoms with Crippen molar-refractivity contribution in [1.82, 2.24) is 15.6 Å². The molecular formula is C13H21N3O2. The summed E-state index contributed by atoms with van der Waals surface area (Å²) in [4.78, 5) is 15.5. The Balaban J connectivity index is 2.23. The minimum atomic E-state index is 0.0856. The first-order valence-corrected chi connectivity index (χ1v) is 6.23. The van der Waals surface area contributed by atoms with E-state index in [0.717, 1.165) is 18.5 Å². The number of aromatic nitrogens is 1. The Morgan fingerprint density at radius 2 is 2.28 bits per heavy atom. The smallest absolute Gasteiger partial charge is 0.221 e. The maximum Gasteiger partial charge on any atom is 0.221 e. The summed E-state index contributed by atoms with van der Waals surface area (Å²) < 4.78 is 5.15. The van der Waals surface area contributed by atoms with Crippen LogP contribution in [0.3, 0.4) is 0 Å². The van der Waals surface area contributed by atoms with Crippen LogP contribution in [0.1, 0.15) is 25.3 Å². The van der Waals surface area contributed by atoms with Crippen molar-refractivity contribution >= 4 is 5.91 Å². The van der Waals surface area contributed by atoms with Crippen LogP contribution < -0.4 is 15.4 Å². The van der Waals surface area contributed by atoms with Crippen molar-refractivity contribution in [3.05, 3.63) is 23.9 Å². The van der Waals surface area contributed by atoms with Gasteiger partial charge in [0.1, 0.15) is 0 Å². The number of pyridine rings is 1. The molecule has 1 rings (SSSR count). The molecule has 2 N–H and O–H groups in total. The van der Waals surface area contributed by atoms with Gasteiger partial charge in [-0.2, -0.15) is 0 Å². The molecule has 1 aromatic heterocycles. The molecule has 5 nitrogen and oxygen atoms in total. The van der Waals surface area contributed by atoms with Gasteiger partial charge in [0.2, 0.25) is 11.8 Å². The highest BCUT2D eigenvalue weighted by molar-refractivity contribution is 5.75. The summed E-state index contributed by atoms with van der Waals surface area (Å²) in [6.45, 7) is 4.08. The number of rotatable bonds is 8. The Kier molecular flexibility index (Phi) is 6.79. The second-order valence-electron chi connectivity index (χ2n) is 3.95. The van der Waals surface area contributed by atoms with Gasteiger partial charge in [-0.15, -0.1) is 0 Å². The summed E-state index contributed by atoms with van der Waals surface area (Å²) in [5.74, 6) is 0.711. The molecule has 0 bridgehead atoms. The number of nitrogens with zero attached hydrogens (tertiary/aromatic N) is 1. The Hall–Kier alpha value is -1.62. The lowest BCUT2D eigenvalue weighted by Crippen LogP contribution is -2.28. The second-order valence-corrected chi connectivity index (χ2v) is 3.95. The first-order chi connectivity index (χ1) is 8.77. The molecule has 0 atom stereocenters. The molecule has 1 amide bonds. The van der Waals surface area contributed by atoms with Crippen molar-refractivity contribution in [2.45, 2.75) is 26.3 Å². The van der Waals surface area contributed by atoms with E-state index in [4.69, 9.17) is 4.74 Å². The number of hydrogen-bond acceptors (Lipinski definition) is 4. The zero-order valence-electron chi connectivity index (χ0n) is 11.0. The summed E-state index contributed by atoms with van der Waals surface area (Å²) >= 11 is 0. The average molecular weight is 251 g/mol. The molecular weight excluding hydrogens is 230 g/mol. The van der Waals surface area contributed by atoms with Crippen molar-refractivity contribution in [3.63, 3.8) is 0 Å². The standard InChI is InChI=1S/C13H21N3O2/c1-3-7-15-12(17)6-9-14-10-11-5-4-8-16-13(11)18-2/h4-5,8,14H,3,6-7,9-10H2,1-2H3,(H,15,17). The van der Waals surface area contributed by atoms with E-state index in [0.29, 0.717) is 25.4 Å². The van der Waals surface area contributed by atoms with Gasteiger partial charge in [-0.3, -0.25) is 4.79 Å². The zero-order valence-corrected chi connectivity index (χ0v) is 11.0. The Bertz CT molecular complexity index is 369. The fourth-order valence-electron chi connectivity index (χ4n) is 1.52. The predicted molar refractivity (Wildman–Crippen MR) is 70.4 cm³/mol. The summed E-state index contributed by atoms with van der Waals surface area (Å²) in [5.41, 5.74) is 0.994. The van der Waals surface area contributed by atoms with Gasteiger partial charge >= 0.3 is 0 Å². The van der Waals surface area contributed by atoms with Crippen molar-refractivity contribution in [2.75, 3.05) is 20.2 Å². The average Bonchev–Trinajstić information content (AvgIpc) is 2.41. The molecule has 0 aliphatic heterocycles. The Morgan fingerprint density at radius 3 is 3.00 bits per heavy atom. The Labute approximate surface area is 108 Å². The monoisotopic (exact) mass is 251 g/mol. The Morgan fingerprint density at radius 1 is 1.44 bits per heavy atom. The lowest BCUT2D eigenvalue weighted by atomic mass is 10.2. The fraction of sp³-hybridized carbons (Fsp3) is 0.538. The summed E-state index contributed by atoms with van der Waals surface area (Å²) in [7, 11) is 1.60. The molecule has 0 saturated heterocycles. The van der Waals surface area contributed by atoms with Gasteiger partial charge in [-0.25, -0.2) is 4.98 Å². The molecule has 0 aromatic carbocycles. The molecule has 1 heterocycles. The van der Waals surface area contributed by atoms with Gasteiger partial charge in [-0.05, 0) is 12.5 Å². The van der Waals surface area contributed by atoms with Crippen molar-refractivity contribution < 1.29 is 9.53 Å². The fourth-order valence-corrected chi connectivity index (χ4v) is 1.52. The molecule has 0 aliphatic carbocycles. The summed E-state index contributed by atoms with van der Waals surface area (Å²) in [6, 6.07) is 3.82. The number of nitrogens with one attached hydrogen (secondary N) is 2. The third kappa shape index (κ3) is 5.14. The molecule has 0 radical (unpaired) electrons. The van der Waals surface area contributed by atoms with Crippen molar-refractivity contribution in [1.29, 1.82) is 0 Å². The van der Waals surface area contributed by atoms with Gasteiger partial charge in [0.15, 0.2) is 0 Å². The van der Waals surface area contributed by atoms with Gasteiger partial charge in [0.25, 0.3) is 0 Å². The van der Waals surface area contributed by atoms with E-state index >= 15 is 0 Å². The summed E-state index contributed by atoms with van der Waals surface area (Å²) in [5, 5.41) is 6.04. The molecule has 0 fully saturated rings. The van der Waals surface area contributed by atoms with E-state index in [-0.39, 0.29) is 5.91 Å². The van der Waals surface area contributed by atoms with Crippen LogP contribution in [-0.4, -0.2) is 31.1 Å². The van der Waals surface area contributed by atoms with Crippen LogP contribution in [0.4, 0.5) is 0 Å². The van der Waals surface area contributed by atoms with Crippen LogP contribution in [0, 0.1) is 0 Å². The first kappa shape index (κ1) is 14.4. The van der Waals surface area contributed by atoms with Crippen molar-refractivity contribution in [3.8, 4) is 5.88 Å². The van der Waals surface area contributed by atoms with E-state index in [9.17, 15) is 4.79 Å². The van der Waals surface area contributed by atoms with Crippen LogP contribution in [0.5, 0.6) is 5.88 Å². The van der Waals surface area contributed by atoms with Crippen LogP contribution in [-0.2, 0) is 11.3 Å². The van der Waals surface area contributed by atoms with Crippen molar-refractivity contribution in [2.24, 2.45) is 0 Å². The topological polar surface area (TPSA) is 63.2 Å². The highest BCUT2D eigenvalue weighted by Gasteiger charge is 2.03. The molecule has 18 heavy (non-hydrogen) atoms. The minimum absolute atomic E-state index is 0.0856. The minimum Gasteiger partial charge on any atom is -0.481 e. The van der Waals surface area contributed by atoms with Crippen LogP contribution in [0.25, 0.3) is 0 Å². The quantitative estimate of drug-likeness (QED) is 0.679. The zero-order chi connectivity index (χ0) is 13.2. The number of amides is 1. The largest absolute Gasteiger partial charge is 0.481 e. The number of carbonyl (C=O) groups is 1. The van der Waals surface area contributed by atoms with E-state index < -0.39 is 0 Å². The van der Waals surface area contributed by atoms with E-state index in [1.807, 2.05) is 19.1 Å². The number of methoxy groups -OCH3 is 1. The third-order valence-corrected chi connectivity index (χ3v) is 2.46. The first-order valence-electron chi connectivity index (χ1n) is 6.23. The molecule has 0 unspecified atom stereocenters. The molecule has 100 valence electrons. The van der Waals surface area contributed by atoms with Crippen LogP contribution in [0.15, 0.2) is 18.3 Å². The SMILES string of the molecule is CCCNC(=O)CCNCc1cccnc1OC. The van der Waals surface area contributed by atoms with E-state index in [2.05, 4.69) is 15.6 Å². The maximum atomic E-state index is 11.3. The number of carbonyl (C=O) groups excluding carboxylic acids is 1. The molecule has 0 saturated carbocycles. The maximum absolute atomic E-state index is 11.3. The number of ether oxygens (including phenoxy) is 1. The normalized spacial score (nSPS) is 10.1. The van der Waals surface area contributed by atoms with Gasteiger partial charge in [0.05, 0.1) is 7.11 Å². The molecule has 0 aliphatic rings. The molecule has 1 aromatic rings. The lowest BCUT2D eigenvalue weighted by Gasteiger charge is -2.08. The van der Waals surface area contributed by atoms with Gasteiger partial charge in [-0.1, -0.05) is 13.0 Å². The van der Waals surface area contributed by atoms with E-state index in [1.54, 1.807) is 13.3 Å². The molecule has 5 heteroatoms. The molecule has 0 spiro atoms. The van der Waals surface area contributed by atoms with Crippen LogP contribution in [0.2, 0.25) is 0 Å². The number of hydrogen-bond donors (Lipinski definition) is 2. The predicted octanol–water partition coefficient (Wildman–Crippen LogP) is 1.10. The van der Waals surface area contributed by atoms with Gasteiger partial charge in [0, 0.05) is 37.8 Å². The highest BCUT2D eigenvalue weighted by atomic mass is 16.5. The van der Waals surface area contributed by atoms with Crippen LogP contribution >= 0.6 is 0 Å². The lowest BCUT2D eigenvalue weighted by molar-refractivity contribution is -0.120. The third-order valence-electron chi connectivity index (χ3n) is 2.46. The highest BCUT2D eigenvalue weighted by Crippen LogP contribution is 2.12. The van der Waals surface area contributed by atoms with Gasteiger partial charge < -0.3 is 15.4 Å². The summed E-state index contributed by atoms with van der Waals surface area (Å²) in [6.07, 6.45) is 3.15. The second kappa shape index (κ2) is 8.47. The van der Waals surface area contributed by atoms with E-state index in [1.165, 1.54) is 0 Å².